The van der Waals surface area contributed by atoms with E-state index in [0.717, 1.165) is 5.56 Å². The van der Waals surface area contributed by atoms with Crippen LogP contribution < -0.4 is 15.2 Å². The molecule has 2 aromatic carbocycles. The number of ether oxygens (including phenoxy) is 1. The van der Waals surface area contributed by atoms with Crippen molar-refractivity contribution in [2.45, 2.75) is 25.0 Å². The Kier molecular flexibility index (Phi) is 3.67. The Morgan fingerprint density at radius 3 is 2.68 bits per heavy atom. The van der Waals surface area contributed by atoms with E-state index in [1.165, 1.54) is 13.0 Å². The van der Waals surface area contributed by atoms with Crippen molar-refractivity contribution >= 4 is 40.6 Å². The van der Waals surface area contributed by atoms with Crippen LogP contribution in [0.1, 0.15) is 34.3 Å². The lowest BCUT2D eigenvalue weighted by molar-refractivity contribution is -0.255. The molecule has 2 aromatic rings. The van der Waals surface area contributed by atoms with Crippen molar-refractivity contribution in [2.75, 3.05) is 5.32 Å². The highest BCUT2D eigenvalue weighted by Gasteiger charge is 2.48. The van der Waals surface area contributed by atoms with Gasteiger partial charge in [-0.2, -0.15) is 0 Å². The monoisotopic (exact) mass is 376 g/mol. The molecule has 2 aliphatic rings. The molecule has 0 aromatic heterocycles. The molecule has 7 heteroatoms. The van der Waals surface area contributed by atoms with Gasteiger partial charge in [0.1, 0.15) is 17.9 Å². The zero-order chi connectivity index (χ0) is 17.9. The van der Waals surface area contributed by atoms with Gasteiger partial charge in [0.05, 0.1) is 11.9 Å². The summed E-state index contributed by atoms with van der Waals surface area (Å²) < 4.78 is 5.92. The average molecular weight is 377 g/mol. The molecule has 2 heterocycles. The van der Waals surface area contributed by atoms with Crippen LogP contribution in [0.3, 0.4) is 0 Å². The first kappa shape index (κ1) is 16.2. The summed E-state index contributed by atoms with van der Waals surface area (Å²) in [5.41, 5.74) is 2.02. The number of halogens is 2. The lowest BCUT2D eigenvalue weighted by atomic mass is 9.80. The molecule has 0 amide bonds. The van der Waals surface area contributed by atoms with Gasteiger partial charge in [-0.25, -0.2) is 0 Å². The van der Waals surface area contributed by atoms with E-state index >= 15 is 0 Å². The molecule has 0 saturated carbocycles. The Labute approximate surface area is 153 Å². The molecule has 0 aliphatic carbocycles. The fourth-order valence-corrected chi connectivity index (χ4v) is 4.27. The van der Waals surface area contributed by atoms with Crippen molar-refractivity contribution in [2.24, 2.45) is 0 Å². The third-order valence-electron chi connectivity index (χ3n) is 4.67. The molecule has 3 unspecified atom stereocenters. The summed E-state index contributed by atoms with van der Waals surface area (Å²) in [6.07, 6.45) is -0.598. The average Bonchev–Trinajstić information content (AvgIpc) is 2.92. The first-order valence-electron chi connectivity index (χ1n) is 7.65. The maximum absolute atomic E-state index is 12.2. The van der Waals surface area contributed by atoms with Crippen LogP contribution in [0.5, 0.6) is 5.75 Å². The molecule has 0 spiro atoms. The van der Waals surface area contributed by atoms with Gasteiger partial charge in [0.15, 0.2) is 5.78 Å². The van der Waals surface area contributed by atoms with Crippen molar-refractivity contribution in [1.82, 2.24) is 0 Å². The zero-order valence-corrected chi connectivity index (χ0v) is 14.5. The van der Waals surface area contributed by atoms with E-state index in [1.807, 2.05) is 0 Å². The zero-order valence-electron chi connectivity index (χ0n) is 13.0. The Bertz CT molecular complexity index is 928. The number of fused-ring (bicyclic) bond motifs is 5. The van der Waals surface area contributed by atoms with Gasteiger partial charge in [0.2, 0.25) is 0 Å². The first-order valence-corrected chi connectivity index (χ1v) is 8.41. The van der Waals surface area contributed by atoms with Crippen LogP contribution in [-0.2, 0) is 4.79 Å². The fourth-order valence-electron chi connectivity index (χ4n) is 3.66. The van der Waals surface area contributed by atoms with E-state index < -0.39 is 18.1 Å². The predicted octanol–water partition coefficient (Wildman–Crippen LogP) is 2.63. The van der Waals surface area contributed by atoms with E-state index in [9.17, 15) is 14.7 Å². The lowest BCUT2D eigenvalue weighted by Gasteiger charge is -2.35. The van der Waals surface area contributed by atoms with Crippen molar-refractivity contribution in [3.8, 4) is 5.75 Å². The van der Waals surface area contributed by atoms with Crippen molar-refractivity contribution in [1.29, 1.82) is 0 Å². The van der Waals surface area contributed by atoms with Crippen LogP contribution in [0.25, 0.3) is 0 Å². The first-order chi connectivity index (χ1) is 11.9. The van der Waals surface area contributed by atoms with Gasteiger partial charge in [0, 0.05) is 32.4 Å². The highest BCUT2D eigenvalue weighted by Crippen LogP contribution is 2.52. The standard InChI is InChI=1S/C18H13Cl2NO4/c1-7(22)15-17-13(14-11(20)5-8(19)6-12(14)21-15)9-3-2-4-10(18(23)24)16(9)25-17/h2-6,13,15,17,21H,1H3,(H,23,24)/p-1. The van der Waals surface area contributed by atoms with Gasteiger partial charge in [-0.1, -0.05) is 35.3 Å². The second-order valence-corrected chi connectivity index (χ2v) is 7.00. The molecule has 2 aliphatic heterocycles. The number of ketones is 1. The molecular weight excluding hydrogens is 365 g/mol. The van der Waals surface area contributed by atoms with E-state index in [0.29, 0.717) is 21.3 Å². The molecule has 25 heavy (non-hydrogen) atoms. The largest absolute Gasteiger partial charge is 0.545 e. The topological polar surface area (TPSA) is 78.5 Å². The maximum Gasteiger partial charge on any atom is 0.155 e. The minimum atomic E-state index is -1.33. The molecule has 5 nitrogen and oxygen atoms in total. The number of hydrogen-bond acceptors (Lipinski definition) is 5. The van der Waals surface area contributed by atoms with Gasteiger partial charge >= 0.3 is 0 Å². The number of carboxylic acids is 1. The minimum absolute atomic E-state index is 0.0409. The number of benzene rings is 2. The SMILES string of the molecule is CC(=O)C1Nc2cc(Cl)cc(Cl)c2C2c3cccc(C(=O)[O-])c3OC12. The molecule has 0 fully saturated rings. The molecule has 128 valence electrons. The van der Waals surface area contributed by atoms with Crippen LogP contribution in [0.2, 0.25) is 10.0 Å². The Balaban J connectivity index is 1.98. The second kappa shape index (κ2) is 5.64. The number of para-hydroxylation sites is 1. The van der Waals surface area contributed by atoms with E-state index in [1.54, 1.807) is 24.3 Å². The van der Waals surface area contributed by atoms with Crippen molar-refractivity contribution < 1.29 is 19.4 Å². The van der Waals surface area contributed by atoms with Gasteiger partial charge < -0.3 is 20.0 Å². The van der Waals surface area contributed by atoms with Gasteiger partial charge in [-0.3, -0.25) is 4.79 Å². The summed E-state index contributed by atoms with van der Waals surface area (Å²) in [4.78, 5) is 23.6. The minimum Gasteiger partial charge on any atom is -0.545 e. The quantitative estimate of drug-likeness (QED) is 0.871. The molecule has 1 N–H and O–H groups in total. The number of carbonyl (C=O) groups is 2. The van der Waals surface area contributed by atoms with E-state index in [-0.39, 0.29) is 23.0 Å². The number of nitrogens with one attached hydrogen (secondary N) is 1. The molecule has 0 bridgehead atoms. The van der Waals surface area contributed by atoms with E-state index in [4.69, 9.17) is 27.9 Å². The van der Waals surface area contributed by atoms with Crippen LogP contribution >= 0.6 is 23.2 Å². The normalized spacial score (nSPS) is 22.9. The Morgan fingerprint density at radius 2 is 2.00 bits per heavy atom. The van der Waals surface area contributed by atoms with E-state index in [2.05, 4.69) is 5.32 Å². The second-order valence-electron chi connectivity index (χ2n) is 6.15. The number of rotatable bonds is 2. The van der Waals surface area contributed by atoms with Crippen LogP contribution in [0, 0.1) is 0 Å². The summed E-state index contributed by atoms with van der Waals surface area (Å²) in [7, 11) is 0. The van der Waals surface area contributed by atoms with Gasteiger partial charge in [0.25, 0.3) is 0 Å². The number of aromatic carboxylic acids is 1. The molecule has 0 saturated heterocycles. The molecule has 0 radical (unpaired) electrons. The highest BCUT2D eigenvalue weighted by molar-refractivity contribution is 6.35. The smallest absolute Gasteiger partial charge is 0.155 e. The maximum atomic E-state index is 12.2. The van der Waals surface area contributed by atoms with Crippen molar-refractivity contribution in [3.63, 3.8) is 0 Å². The third-order valence-corrected chi connectivity index (χ3v) is 5.20. The van der Waals surface area contributed by atoms with Crippen LogP contribution in [0.15, 0.2) is 30.3 Å². The molecular formula is C18H12Cl2NO4-. The highest BCUT2D eigenvalue weighted by atomic mass is 35.5. The number of carboxylic acid groups (broad SMARTS) is 1. The Hall–Kier alpha value is -2.24. The summed E-state index contributed by atoms with van der Waals surface area (Å²) in [5.74, 6) is -1.60. The summed E-state index contributed by atoms with van der Waals surface area (Å²) in [6, 6.07) is 7.51. The Morgan fingerprint density at radius 1 is 1.24 bits per heavy atom. The molecule has 3 atom stereocenters. The summed E-state index contributed by atoms with van der Waals surface area (Å²) in [5, 5.41) is 15.4. The van der Waals surface area contributed by atoms with Crippen LogP contribution in [-0.4, -0.2) is 23.9 Å². The number of anilines is 1. The number of Topliss-reactive ketones (excluding diaryl/α,β-unsaturated/α-hetero) is 1. The van der Waals surface area contributed by atoms with Crippen LogP contribution in [0.4, 0.5) is 5.69 Å². The number of carbonyl (C=O) groups excluding carboxylic acids is 2. The van der Waals surface area contributed by atoms with Gasteiger partial charge in [-0.05, 0) is 25.1 Å². The van der Waals surface area contributed by atoms with Gasteiger partial charge in [-0.15, -0.1) is 0 Å². The molecule has 4 rings (SSSR count). The third kappa shape index (κ3) is 2.38. The predicted molar refractivity (Wildman–Crippen MR) is 91.6 cm³/mol. The summed E-state index contributed by atoms with van der Waals surface area (Å²) >= 11 is 12.5. The van der Waals surface area contributed by atoms with Crippen molar-refractivity contribution in [3.05, 3.63) is 57.1 Å². The number of hydrogen-bond donors (Lipinski definition) is 1. The lowest BCUT2D eigenvalue weighted by Crippen LogP contribution is -2.47. The summed E-state index contributed by atoms with van der Waals surface area (Å²) in [6.45, 7) is 1.46. The fraction of sp³-hybridized carbons (Fsp3) is 0.222.